The number of nitrogens with one attached hydrogen (secondary N) is 1. The summed E-state index contributed by atoms with van der Waals surface area (Å²) in [5.74, 6) is -0.352. The number of carbonyl (C=O) groups excluding carboxylic acids is 2. The monoisotopic (exact) mass is 488 g/mol. The highest BCUT2D eigenvalue weighted by Crippen LogP contribution is 2.43. The van der Waals surface area contributed by atoms with Crippen LogP contribution in [0.1, 0.15) is 27.0 Å². The predicted molar refractivity (Wildman–Crippen MR) is 139 cm³/mol. The summed E-state index contributed by atoms with van der Waals surface area (Å²) in [5.41, 5.74) is 4.29. The molecule has 0 saturated carbocycles. The van der Waals surface area contributed by atoms with E-state index in [0.717, 1.165) is 27.3 Å². The van der Waals surface area contributed by atoms with Gasteiger partial charge in [0.2, 0.25) is 0 Å². The lowest BCUT2D eigenvalue weighted by Crippen LogP contribution is -2.35. The summed E-state index contributed by atoms with van der Waals surface area (Å²) < 4.78 is 10.3. The number of ether oxygens (including phenoxy) is 2. The molecule has 0 atom stereocenters. The van der Waals surface area contributed by atoms with Crippen molar-refractivity contribution in [2.45, 2.75) is 24.7 Å². The maximum absolute atomic E-state index is 13.7. The second-order valence-electron chi connectivity index (χ2n) is 8.20. The van der Waals surface area contributed by atoms with Gasteiger partial charge in [-0.15, -0.1) is 0 Å². The molecule has 3 aromatic carbocycles. The highest BCUT2D eigenvalue weighted by atomic mass is 32.2. The lowest BCUT2D eigenvalue weighted by molar-refractivity contribution is -0.114. The highest BCUT2D eigenvalue weighted by Gasteiger charge is 2.30. The van der Waals surface area contributed by atoms with Crippen molar-refractivity contribution in [3.8, 4) is 0 Å². The second-order valence-corrected chi connectivity index (χ2v) is 9.28. The molecule has 0 aliphatic carbocycles. The van der Waals surface area contributed by atoms with Crippen molar-refractivity contribution in [3.63, 3.8) is 0 Å². The van der Waals surface area contributed by atoms with Crippen molar-refractivity contribution in [2.24, 2.45) is 0 Å². The maximum atomic E-state index is 13.7. The topological polar surface area (TPSA) is 67.9 Å². The third kappa shape index (κ3) is 6.00. The number of amides is 2. The number of methoxy groups -OCH3 is 2. The van der Waals surface area contributed by atoms with Crippen molar-refractivity contribution >= 4 is 35.3 Å². The number of hydrogen-bond acceptors (Lipinski definition) is 5. The number of thioether (sulfide) groups is 1. The molecule has 1 aliphatic rings. The van der Waals surface area contributed by atoms with Gasteiger partial charge in [0.1, 0.15) is 0 Å². The van der Waals surface area contributed by atoms with Crippen LogP contribution in [0.5, 0.6) is 0 Å². The Morgan fingerprint density at radius 2 is 1.80 bits per heavy atom. The van der Waals surface area contributed by atoms with Gasteiger partial charge in [0.05, 0.1) is 23.7 Å². The average molecular weight is 489 g/mol. The summed E-state index contributed by atoms with van der Waals surface area (Å²) >= 11 is 1.42. The Hall–Kier alpha value is -3.39. The molecule has 0 radical (unpaired) electrons. The third-order valence-corrected chi connectivity index (χ3v) is 6.74. The van der Waals surface area contributed by atoms with Crippen LogP contribution in [-0.2, 0) is 20.8 Å². The van der Waals surface area contributed by atoms with Gasteiger partial charge in [-0.05, 0) is 42.3 Å². The van der Waals surface area contributed by atoms with E-state index >= 15 is 0 Å². The van der Waals surface area contributed by atoms with Crippen molar-refractivity contribution < 1.29 is 19.1 Å². The molecule has 6 nitrogen and oxygen atoms in total. The highest BCUT2D eigenvalue weighted by molar-refractivity contribution is 8.04. The minimum atomic E-state index is -0.530. The van der Waals surface area contributed by atoms with Crippen molar-refractivity contribution in [3.05, 3.63) is 100.0 Å². The van der Waals surface area contributed by atoms with Crippen LogP contribution in [-0.4, -0.2) is 38.9 Å². The summed E-state index contributed by atoms with van der Waals surface area (Å²) in [4.78, 5) is 29.8. The van der Waals surface area contributed by atoms with E-state index in [4.69, 9.17) is 9.47 Å². The minimum absolute atomic E-state index is 0.0933. The first kappa shape index (κ1) is 24.7. The van der Waals surface area contributed by atoms with Crippen LogP contribution in [0.3, 0.4) is 0 Å². The number of rotatable bonds is 8. The zero-order valence-corrected chi connectivity index (χ0v) is 20.8. The molecule has 180 valence electrons. The molecule has 0 aromatic heterocycles. The van der Waals surface area contributed by atoms with Gasteiger partial charge in [-0.25, -0.2) is 0 Å². The molecule has 0 saturated heterocycles. The Kier molecular flexibility index (Phi) is 8.02. The van der Waals surface area contributed by atoms with E-state index in [-0.39, 0.29) is 18.4 Å². The Balaban J connectivity index is 1.68. The Bertz CT molecular complexity index is 1240. The van der Waals surface area contributed by atoms with Gasteiger partial charge in [-0.1, -0.05) is 71.9 Å². The van der Waals surface area contributed by atoms with Crippen LogP contribution in [0.2, 0.25) is 0 Å². The van der Waals surface area contributed by atoms with Crippen molar-refractivity contribution in [1.82, 2.24) is 5.32 Å². The smallest absolute Gasteiger partial charge is 0.265 e. The summed E-state index contributed by atoms with van der Waals surface area (Å²) in [6, 6.07) is 23.3. The molecule has 7 heteroatoms. The molecular formula is C28H28N2O4S. The summed E-state index contributed by atoms with van der Waals surface area (Å²) in [6.45, 7) is 2.65. The van der Waals surface area contributed by atoms with E-state index in [0.29, 0.717) is 17.0 Å². The van der Waals surface area contributed by atoms with Gasteiger partial charge >= 0.3 is 0 Å². The molecule has 1 N–H and O–H groups in total. The van der Waals surface area contributed by atoms with Crippen LogP contribution < -0.4 is 10.2 Å². The van der Waals surface area contributed by atoms with Gasteiger partial charge in [0, 0.05) is 24.7 Å². The Labute approximate surface area is 209 Å². The number of nitrogens with zero attached hydrogens (tertiary/aromatic N) is 1. The van der Waals surface area contributed by atoms with Gasteiger partial charge in [0.25, 0.3) is 11.8 Å². The van der Waals surface area contributed by atoms with Crippen LogP contribution in [0, 0.1) is 6.92 Å². The summed E-state index contributed by atoms with van der Waals surface area (Å²) in [6.07, 6.45) is 1.38. The molecule has 4 rings (SSSR count). The van der Waals surface area contributed by atoms with Crippen LogP contribution in [0.15, 0.2) is 82.6 Å². The van der Waals surface area contributed by atoms with E-state index in [1.165, 1.54) is 26.0 Å². The third-order valence-electron chi connectivity index (χ3n) is 5.66. The standard InChI is InChI=1S/C28H28N2O4S/c1-19-8-7-11-21(14-19)18-30-23-16-22(27(31)29-17-26(33-2)34-3)12-13-24(23)35-25(28(30)32)15-20-9-5-4-6-10-20/h4-16,26H,17-18H2,1-3H3,(H,29,31)/b25-15+. The molecule has 2 amide bonds. The predicted octanol–water partition coefficient (Wildman–Crippen LogP) is 5.02. The number of carbonyl (C=O) groups is 2. The molecule has 35 heavy (non-hydrogen) atoms. The number of benzene rings is 3. The fourth-order valence-electron chi connectivity index (χ4n) is 3.84. The average Bonchev–Trinajstić information content (AvgIpc) is 2.87. The zero-order valence-electron chi connectivity index (χ0n) is 20.0. The SMILES string of the molecule is COC(CNC(=O)c1ccc2c(c1)N(Cc1cccc(C)c1)C(=O)/C(=C\c1ccccc1)S2)OC. The Morgan fingerprint density at radius 1 is 1.03 bits per heavy atom. The number of anilines is 1. The lowest BCUT2D eigenvalue weighted by atomic mass is 10.1. The number of hydrogen-bond donors (Lipinski definition) is 1. The van der Waals surface area contributed by atoms with E-state index in [9.17, 15) is 9.59 Å². The largest absolute Gasteiger partial charge is 0.354 e. The van der Waals surface area contributed by atoms with Gasteiger partial charge in [-0.3, -0.25) is 9.59 Å². The van der Waals surface area contributed by atoms with Crippen LogP contribution >= 0.6 is 11.8 Å². The molecule has 0 unspecified atom stereocenters. The number of aryl methyl sites for hydroxylation is 1. The van der Waals surface area contributed by atoms with Gasteiger partial charge < -0.3 is 19.7 Å². The van der Waals surface area contributed by atoms with Gasteiger partial charge in [-0.2, -0.15) is 0 Å². The first-order valence-electron chi connectivity index (χ1n) is 11.3. The van der Waals surface area contributed by atoms with Crippen molar-refractivity contribution in [2.75, 3.05) is 25.7 Å². The first-order valence-corrected chi connectivity index (χ1v) is 12.1. The molecule has 0 fully saturated rings. The van der Waals surface area contributed by atoms with Gasteiger partial charge in [0.15, 0.2) is 6.29 Å². The fourth-order valence-corrected chi connectivity index (χ4v) is 4.88. The van der Waals surface area contributed by atoms with E-state index in [1.54, 1.807) is 17.0 Å². The minimum Gasteiger partial charge on any atom is -0.354 e. The normalized spacial score (nSPS) is 14.3. The molecule has 1 heterocycles. The number of fused-ring (bicyclic) bond motifs is 1. The summed E-state index contributed by atoms with van der Waals surface area (Å²) in [5, 5.41) is 2.82. The molecular weight excluding hydrogens is 460 g/mol. The molecule has 1 aliphatic heterocycles. The molecule has 0 spiro atoms. The Morgan fingerprint density at radius 3 is 2.51 bits per heavy atom. The quantitative estimate of drug-likeness (QED) is 0.356. The molecule has 3 aromatic rings. The van der Waals surface area contributed by atoms with E-state index in [1.807, 2.05) is 67.6 Å². The lowest BCUT2D eigenvalue weighted by Gasteiger charge is -2.31. The summed E-state index contributed by atoms with van der Waals surface area (Å²) in [7, 11) is 3.04. The van der Waals surface area contributed by atoms with Crippen LogP contribution in [0.25, 0.3) is 6.08 Å². The first-order chi connectivity index (χ1) is 17.0. The van der Waals surface area contributed by atoms with E-state index in [2.05, 4.69) is 11.4 Å². The maximum Gasteiger partial charge on any atom is 0.265 e. The van der Waals surface area contributed by atoms with Crippen LogP contribution in [0.4, 0.5) is 5.69 Å². The zero-order chi connectivity index (χ0) is 24.8. The second kappa shape index (κ2) is 11.4. The molecule has 0 bridgehead atoms. The fraction of sp³-hybridized carbons (Fsp3) is 0.214. The van der Waals surface area contributed by atoms with Crippen molar-refractivity contribution in [1.29, 1.82) is 0 Å². The van der Waals surface area contributed by atoms with E-state index < -0.39 is 6.29 Å².